The Labute approximate surface area is 129 Å². The fourth-order valence-corrected chi connectivity index (χ4v) is 2.89. The van der Waals surface area contributed by atoms with Crippen LogP contribution < -0.4 is 10.6 Å². The fourth-order valence-electron chi connectivity index (χ4n) is 2.89. The highest BCUT2D eigenvalue weighted by molar-refractivity contribution is 5.79. The number of ether oxygens (including phenoxy) is 1. The van der Waals surface area contributed by atoms with Gasteiger partial charge in [0.1, 0.15) is 0 Å². The molecule has 0 amide bonds. The van der Waals surface area contributed by atoms with Crippen molar-refractivity contribution in [2.24, 2.45) is 10.9 Å². The summed E-state index contributed by atoms with van der Waals surface area (Å²) in [5, 5.41) is 6.52. The first kappa shape index (κ1) is 17.8. The molecular weight excluding hydrogens is 264 g/mol. The molecule has 0 saturated carbocycles. The molecule has 0 bridgehead atoms. The van der Waals surface area contributed by atoms with Gasteiger partial charge >= 0.3 is 0 Å². The molecule has 1 rings (SSSR count). The number of nitrogens with one attached hydrogen (secondary N) is 2. The topological polar surface area (TPSA) is 48.9 Å². The number of rotatable bonds is 7. The van der Waals surface area contributed by atoms with Crippen LogP contribution >= 0.6 is 0 Å². The summed E-state index contributed by atoms with van der Waals surface area (Å²) in [7, 11) is 1.77. The first-order valence-electron chi connectivity index (χ1n) is 7.96. The van der Waals surface area contributed by atoms with Crippen LogP contribution in [0.15, 0.2) is 4.99 Å². The summed E-state index contributed by atoms with van der Waals surface area (Å²) in [5.41, 5.74) is 0. The van der Waals surface area contributed by atoms with Crippen LogP contribution in [0.25, 0.3) is 0 Å². The molecule has 120 valence electrons. The van der Waals surface area contributed by atoms with Gasteiger partial charge in [-0.3, -0.25) is 9.89 Å². The molecule has 5 heteroatoms. The third kappa shape index (κ3) is 5.94. The summed E-state index contributed by atoms with van der Waals surface area (Å²) in [6.45, 7) is 9.61. The van der Waals surface area contributed by atoms with Crippen molar-refractivity contribution in [3.05, 3.63) is 0 Å². The zero-order valence-corrected chi connectivity index (χ0v) is 13.7. The highest BCUT2D eigenvalue weighted by atomic mass is 16.5. The van der Waals surface area contributed by atoms with Crippen LogP contribution in [0.4, 0.5) is 0 Å². The average Bonchev–Trinajstić information content (AvgIpc) is 2.54. The van der Waals surface area contributed by atoms with Crippen molar-refractivity contribution in [3.63, 3.8) is 0 Å². The molecule has 1 heterocycles. The first-order chi connectivity index (χ1) is 10.3. The number of morpholine rings is 1. The lowest BCUT2D eigenvalue weighted by Crippen LogP contribution is -2.53. The Morgan fingerprint density at radius 1 is 1.29 bits per heavy atom. The monoisotopic (exact) mass is 294 g/mol. The van der Waals surface area contributed by atoms with Gasteiger partial charge < -0.3 is 15.4 Å². The van der Waals surface area contributed by atoms with Gasteiger partial charge in [-0.25, -0.2) is 0 Å². The van der Waals surface area contributed by atoms with Crippen molar-refractivity contribution < 1.29 is 4.74 Å². The van der Waals surface area contributed by atoms with Crippen LogP contribution in [0.2, 0.25) is 0 Å². The van der Waals surface area contributed by atoms with E-state index in [1.807, 2.05) is 0 Å². The Morgan fingerprint density at radius 3 is 2.48 bits per heavy atom. The van der Waals surface area contributed by atoms with E-state index < -0.39 is 0 Å². The second-order valence-corrected chi connectivity index (χ2v) is 5.30. The van der Waals surface area contributed by atoms with Crippen LogP contribution in [0.5, 0.6) is 0 Å². The van der Waals surface area contributed by atoms with Crippen LogP contribution in [-0.4, -0.2) is 63.3 Å². The third-order valence-corrected chi connectivity index (χ3v) is 4.17. The van der Waals surface area contributed by atoms with Gasteiger partial charge in [-0.2, -0.15) is 0 Å². The summed E-state index contributed by atoms with van der Waals surface area (Å²) >= 11 is 0. The largest absolute Gasteiger partial charge is 0.379 e. The Hall–Kier alpha value is -1.25. The van der Waals surface area contributed by atoms with Crippen molar-refractivity contribution in [3.8, 4) is 12.3 Å². The van der Waals surface area contributed by atoms with Gasteiger partial charge in [0.05, 0.1) is 19.8 Å². The highest BCUT2D eigenvalue weighted by Crippen LogP contribution is 2.19. The molecule has 0 radical (unpaired) electrons. The lowest BCUT2D eigenvalue weighted by atomic mass is 9.92. The third-order valence-electron chi connectivity index (χ3n) is 4.17. The molecule has 1 aliphatic heterocycles. The second-order valence-electron chi connectivity index (χ2n) is 5.30. The number of guanidine groups is 1. The minimum Gasteiger partial charge on any atom is -0.379 e. The van der Waals surface area contributed by atoms with Crippen molar-refractivity contribution in [2.45, 2.75) is 32.7 Å². The Balaban J connectivity index is 2.61. The summed E-state index contributed by atoms with van der Waals surface area (Å²) in [6, 6.07) is 0.508. The van der Waals surface area contributed by atoms with E-state index in [9.17, 15) is 0 Å². The Morgan fingerprint density at radius 2 is 1.95 bits per heavy atom. The van der Waals surface area contributed by atoms with Gasteiger partial charge in [0.15, 0.2) is 5.96 Å². The van der Waals surface area contributed by atoms with Crippen molar-refractivity contribution in [1.82, 2.24) is 15.5 Å². The molecule has 0 aromatic rings. The Bertz CT molecular complexity index is 341. The Kier molecular flexibility index (Phi) is 8.88. The van der Waals surface area contributed by atoms with Crippen LogP contribution in [-0.2, 0) is 4.74 Å². The van der Waals surface area contributed by atoms with Gasteiger partial charge in [-0.1, -0.05) is 32.6 Å². The van der Waals surface area contributed by atoms with Gasteiger partial charge in [-0.05, 0) is 5.92 Å². The lowest BCUT2D eigenvalue weighted by molar-refractivity contribution is 0.00272. The standard InChI is InChI=1S/C16H30N4O/c1-5-8-18-16(17-4)19-13-15(14(6-2)7-3)20-9-11-21-12-10-20/h1,14-15H,6-13H2,2-4H3,(H2,17,18,19). The van der Waals surface area contributed by atoms with Gasteiger partial charge in [-0.15, -0.1) is 6.42 Å². The van der Waals surface area contributed by atoms with Gasteiger partial charge in [0, 0.05) is 32.7 Å². The van der Waals surface area contributed by atoms with Gasteiger partial charge in [0.25, 0.3) is 0 Å². The minimum atomic E-state index is 0.493. The SMILES string of the molecule is C#CCNC(=NC)NCC(C(CC)CC)N1CCOCC1. The molecule has 1 saturated heterocycles. The summed E-state index contributed by atoms with van der Waals surface area (Å²) < 4.78 is 5.48. The maximum atomic E-state index is 5.48. The van der Waals surface area contributed by atoms with Crippen LogP contribution in [0, 0.1) is 18.3 Å². The number of nitrogens with zero attached hydrogens (tertiary/aromatic N) is 2. The number of aliphatic imine (C=N–C) groups is 1. The normalized spacial score (nSPS) is 18.3. The molecule has 1 fully saturated rings. The zero-order chi connectivity index (χ0) is 15.5. The molecule has 0 aliphatic carbocycles. The highest BCUT2D eigenvalue weighted by Gasteiger charge is 2.26. The molecule has 2 N–H and O–H groups in total. The predicted molar refractivity (Wildman–Crippen MR) is 88.4 cm³/mol. The smallest absolute Gasteiger partial charge is 0.191 e. The second kappa shape index (κ2) is 10.5. The molecular formula is C16H30N4O. The van der Waals surface area contributed by atoms with E-state index in [0.29, 0.717) is 18.5 Å². The molecule has 0 aromatic carbocycles. The molecule has 0 aromatic heterocycles. The van der Waals surface area contributed by atoms with Crippen molar-refractivity contribution in [2.75, 3.05) is 46.4 Å². The van der Waals surface area contributed by atoms with E-state index in [1.54, 1.807) is 7.05 Å². The molecule has 0 spiro atoms. The first-order valence-corrected chi connectivity index (χ1v) is 7.96. The number of hydrogen-bond donors (Lipinski definition) is 2. The van der Waals surface area contributed by atoms with Crippen molar-refractivity contribution in [1.29, 1.82) is 0 Å². The van der Waals surface area contributed by atoms with E-state index in [0.717, 1.165) is 38.8 Å². The molecule has 1 aliphatic rings. The maximum Gasteiger partial charge on any atom is 0.191 e. The lowest BCUT2D eigenvalue weighted by Gasteiger charge is -2.39. The van der Waals surface area contributed by atoms with Crippen molar-refractivity contribution >= 4 is 5.96 Å². The number of hydrogen-bond acceptors (Lipinski definition) is 3. The maximum absolute atomic E-state index is 5.48. The van der Waals surface area contributed by atoms with E-state index >= 15 is 0 Å². The van der Waals surface area contributed by atoms with E-state index in [4.69, 9.17) is 11.2 Å². The molecule has 5 nitrogen and oxygen atoms in total. The molecule has 21 heavy (non-hydrogen) atoms. The van der Waals surface area contributed by atoms with E-state index in [1.165, 1.54) is 12.8 Å². The molecule has 1 unspecified atom stereocenters. The van der Waals surface area contributed by atoms with Gasteiger partial charge in [0.2, 0.25) is 0 Å². The summed E-state index contributed by atoms with van der Waals surface area (Å²) in [6.07, 6.45) is 7.66. The van der Waals surface area contributed by atoms with Crippen LogP contribution in [0.1, 0.15) is 26.7 Å². The molecule has 1 atom stereocenters. The zero-order valence-electron chi connectivity index (χ0n) is 13.7. The number of terminal acetylenes is 1. The summed E-state index contributed by atoms with van der Waals surface area (Å²) in [5.74, 6) is 4.03. The van der Waals surface area contributed by atoms with E-state index in [-0.39, 0.29) is 0 Å². The van der Waals surface area contributed by atoms with E-state index in [2.05, 4.69) is 40.3 Å². The fraction of sp³-hybridized carbons (Fsp3) is 0.812. The van der Waals surface area contributed by atoms with Crippen LogP contribution in [0.3, 0.4) is 0 Å². The average molecular weight is 294 g/mol. The predicted octanol–water partition coefficient (Wildman–Crippen LogP) is 0.922. The quantitative estimate of drug-likeness (QED) is 0.416. The minimum absolute atomic E-state index is 0.493. The summed E-state index contributed by atoms with van der Waals surface area (Å²) in [4.78, 5) is 6.75.